The Morgan fingerprint density at radius 2 is 1.91 bits per heavy atom. The van der Waals surface area contributed by atoms with Crippen LogP contribution in [0.25, 0.3) is 11.4 Å². The fourth-order valence-electron chi connectivity index (χ4n) is 5.89. The summed E-state index contributed by atoms with van der Waals surface area (Å²) >= 11 is 0. The summed E-state index contributed by atoms with van der Waals surface area (Å²) in [4.78, 5) is 26.2. The van der Waals surface area contributed by atoms with Gasteiger partial charge in [0.05, 0.1) is 37.1 Å². The minimum Gasteiger partial charge on any atom is -0.486 e. The fraction of sp³-hybridized carbons (Fsp3) is 0.438. The van der Waals surface area contributed by atoms with Gasteiger partial charge in [-0.15, -0.1) is 0 Å². The van der Waals surface area contributed by atoms with E-state index in [1.165, 1.54) is 23.2 Å². The molecule has 4 heterocycles. The summed E-state index contributed by atoms with van der Waals surface area (Å²) in [5.74, 6) is 0.353. The number of aliphatic hydroxyl groups is 1. The second-order valence-corrected chi connectivity index (χ2v) is 11.4. The number of aromatic nitrogens is 2. The summed E-state index contributed by atoms with van der Waals surface area (Å²) in [5, 5.41) is 22.0. The molecule has 12 nitrogen and oxygen atoms in total. The molecule has 0 saturated carbocycles. The van der Waals surface area contributed by atoms with E-state index in [1.807, 2.05) is 4.90 Å². The summed E-state index contributed by atoms with van der Waals surface area (Å²) in [7, 11) is 0. The quantitative estimate of drug-likeness (QED) is 0.334. The van der Waals surface area contributed by atoms with Crippen LogP contribution in [0.2, 0.25) is 0 Å². The van der Waals surface area contributed by atoms with Crippen LogP contribution in [-0.2, 0) is 9.53 Å². The zero-order valence-corrected chi connectivity index (χ0v) is 25.4. The first-order chi connectivity index (χ1) is 22.8. The molecule has 0 unspecified atom stereocenters. The molecule has 3 fully saturated rings. The normalized spacial score (nSPS) is 20.4. The zero-order chi connectivity index (χ0) is 32.9. The number of alkyl halides is 3. The zero-order valence-electron chi connectivity index (χ0n) is 25.4. The number of benzene rings is 2. The van der Waals surface area contributed by atoms with Crippen molar-refractivity contribution in [3.63, 3.8) is 0 Å². The number of carbonyl (C=O) groups is 1. The van der Waals surface area contributed by atoms with Crippen LogP contribution in [0.3, 0.4) is 0 Å². The molecule has 2 atom stereocenters. The Bertz CT molecular complexity index is 1610. The molecule has 2 aromatic carbocycles. The van der Waals surface area contributed by atoms with Crippen molar-refractivity contribution in [1.29, 1.82) is 5.26 Å². The van der Waals surface area contributed by atoms with Crippen LogP contribution in [0.15, 0.2) is 48.7 Å². The number of piperidine rings is 1. The molecule has 2 N–H and O–H groups in total. The average Bonchev–Trinajstić information content (AvgIpc) is 3.05. The molecule has 0 spiro atoms. The average molecular weight is 654 g/mol. The summed E-state index contributed by atoms with van der Waals surface area (Å²) in [6.45, 7) is 0.734. The van der Waals surface area contributed by atoms with Crippen molar-refractivity contribution in [3.05, 3.63) is 54.2 Å². The monoisotopic (exact) mass is 653 g/mol. The van der Waals surface area contributed by atoms with E-state index < -0.39 is 31.4 Å². The van der Waals surface area contributed by atoms with Gasteiger partial charge in [-0.05, 0) is 36.4 Å². The van der Waals surface area contributed by atoms with Gasteiger partial charge in [0.1, 0.15) is 30.3 Å². The molecule has 1 amide bonds. The van der Waals surface area contributed by atoms with Gasteiger partial charge < -0.3 is 34.4 Å². The van der Waals surface area contributed by atoms with Gasteiger partial charge in [-0.3, -0.25) is 9.69 Å². The van der Waals surface area contributed by atoms with E-state index in [1.54, 1.807) is 30.3 Å². The molecule has 3 saturated heterocycles. The second-order valence-electron chi connectivity index (χ2n) is 11.4. The highest BCUT2D eigenvalue weighted by molar-refractivity contribution is 5.77. The number of ether oxygens (including phenoxy) is 3. The van der Waals surface area contributed by atoms with Crippen LogP contribution in [0.4, 0.5) is 30.4 Å². The van der Waals surface area contributed by atoms with Gasteiger partial charge in [0.2, 0.25) is 5.91 Å². The number of nitriles is 1. The fourth-order valence-corrected chi connectivity index (χ4v) is 5.89. The van der Waals surface area contributed by atoms with E-state index >= 15 is 0 Å². The van der Waals surface area contributed by atoms with Crippen molar-refractivity contribution in [2.75, 3.05) is 69.3 Å². The third kappa shape index (κ3) is 7.51. The molecule has 47 heavy (non-hydrogen) atoms. The molecule has 6 rings (SSSR count). The van der Waals surface area contributed by atoms with Gasteiger partial charge in [-0.1, -0.05) is 0 Å². The number of hydrogen-bond donors (Lipinski definition) is 2. The molecular weight excluding hydrogens is 619 g/mol. The molecule has 1 aromatic heterocycles. The predicted molar refractivity (Wildman–Crippen MR) is 165 cm³/mol. The van der Waals surface area contributed by atoms with Crippen LogP contribution in [0, 0.1) is 11.3 Å². The van der Waals surface area contributed by atoms with E-state index in [0.29, 0.717) is 41.9 Å². The van der Waals surface area contributed by atoms with E-state index in [4.69, 9.17) is 19.3 Å². The van der Waals surface area contributed by atoms with Crippen LogP contribution >= 0.6 is 0 Å². The van der Waals surface area contributed by atoms with Gasteiger partial charge in [-0.25, -0.2) is 14.4 Å². The lowest BCUT2D eigenvalue weighted by atomic mass is 10.0. The SMILES string of the molecule is N#Cc1cc(-c2nccc(Nc3ccc(N4CCN(C5COC5)CC4)c(OC(F)F)c3)n2)ccc1O[C@H]1CCN(C(=O)CO)C[C@H]1F. The number of carbonyl (C=O) groups excluding carboxylic acids is 1. The summed E-state index contributed by atoms with van der Waals surface area (Å²) < 4.78 is 57.6. The highest BCUT2D eigenvalue weighted by atomic mass is 19.3. The highest BCUT2D eigenvalue weighted by Gasteiger charge is 2.33. The summed E-state index contributed by atoms with van der Waals surface area (Å²) in [6, 6.07) is 13.9. The first kappa shape index (κ1) is 32.3. The van der Waals surface area contributed by atoms with Crippen molar-refractivity contribution in [2.24, 2.45) is 0 Å². The van der Waals surface area contributed by atoms with Crippen LogP contribution in [0.5, 0.6) is 11.5 Å². The molecule has 0 aliphatic carbocycles. The maximum Gasteiger partial charge on any atom is 0.387 e. The number of piperazine rings is 1. The van der Waals surface area contributed by atoms with Crippen molar-refractivity contribution < 1.29 is 37.3 Å². The van der Waals surface area contributed by atoms with Gasteiger partial charge in [-0.2, -0.15) is 14.0 Å². The first-order valence-corrected chi connectivity index (χ1v) is 15.3. The Morgan fingerprint density at radius 3 is 2.60 bits per heavy atom. The smallest absolute Gasteiger partial charge is 0.387 e. The van der Waals surface area contributed by atoms with E-state index in [0.717, 1.165) is 26.3 Å². The van der Waals surface area contributed by atoms with Crippen molar-refractivity contribution >= 4 is 23.1 Å². The Labute approximate surface area is 269 Å². The lowest BCUT2D eigenvalue weighted by Crippen LogP contribution is -2.56. The third-order valence-corrected chi connectivity index (χ3v) is 8.50. The van der Waals surface area contributed by atoms with Gasteiger partial charge in [0.15, 0.2) is 17.7 Å². The summed E-state index contributed by atoms with van der Waals surface area (Å²) in [6.07, 6.45) is -0.630. The molecule has 0 radical (unpaired) electrons. The molecule has 15 heteroatoms. The van der Waals surface area contributed by atoms with Crippen LogP contribution in [-0.4, -0.2) is 115 Å². The van der Waals surface area contributed by atoms with Crippen LogP contribution < -0.4 is 19.7 Å². The van der Waals surface area contributed by atoms with Gasteiger partial charge in [0.25, 0.3) is 0 Å². The molecule has 3 aliphatic rings. The highest BCUT2D eigenvalue weighted by Crippen LogP contribution is 2.35. The number of nitrogens with one attached hydrogen (secondary N) is 1. The van der Waals surface area contributed by atoms with Crippen molar-refractivity contribution in [3.8, 4) is 29.0 Å². The Kier molecular flexibility index (Phi) is 9.90. The van der Waals surface area contributed by atoms with Crippen molar-refractivity contribution in [2.45, 2.75) is 31.3 Å². The number of hydrogen-bond acceptors (Lipinski definition) is 11. The molecule has 0 bridgehead atoms. The van der Waals surface area contributed by atoms with Gasteiger partial charge >= 0.3 is 6.61 Å². The number of amides is 1. The topological polar surface area (TPSA) is 136 Å². The van der Waals surface area contributed by atoms with E-state index in [2.05, 4.69) is 26.3 Å². The predicted octanol–water partition coefficient (Wildman–Crippen LogP) is 3.19. The minimum atomic E-state index is -3.00. The number of rotatable bonds is 10. The van der Waals surface area contributed by atoms with Gasteiger partial charge in [0, 0.05) is 62.7 Å². The van der Waals surface area contributed by atoms with E-state index in [9.17, 15) is 23.2 Å². The Hall–Kier alpha value is -4.65. The lowest BCUT2D eigenvalue weighted by Gasteiger charge is -2.43. The number of halogens is 3. The summed E-state index contributed by atoms with van der Waals surface area (Å²) in [5.41, 5.74) is 1.71. The molecular formula is C32H34F3N7O5. The number of anilines is 3. The molecule has 3 aliphatic heterocycles. The number of likely N-dealkylation sites (tertiary alicyclic amines) is 1. The maximum absolute atomic E-state index is 14.8. The standard InChI is InChI=1S/C32H34F3N7O5/c33-24-16-42(30(44)17-43)8-6-27(24)46-26-4-1-20(13-21(26)15-36)31-37-7-5-29(39-31)38-22-2-3-25(28(14-22)47-32(34)35)41-11-9-40(10-12-41)23-18-45-19-23/h1-5,7,13-14,23-24,27,32,43H,6,8-12,16-19H2,(H,37,38,39)/t24-,27+/m1/s1. The molecule has 3 aromatic rings. The lowest BCUT2D eigenvalue weighted by molar-refractivity contribution is -0.138. The number of nitrogens with zero attached hydrogens (tertiary/aromatic N) is 6. The second kappa shape index (κ2) is 14.4. The first-order valence-electron chi connectivity index (χ1n) is 15.3. The van der Waals surface area contributed by atoms with E-state index in [-0.39, 0.29) is 42.4 Å². The third-order valence-electron chi connectivity index (χ3n) is 8.50. The minimum absolute atomic E-state index is 0.0511. The van der Waals surface area contributed by atoms with Crippen LogP contribution in [0.1, 0.15) is 12.0 Å². The largest absolute Gasteiger partial charge is 0.486 e. The number of aliphatic hydroxyl groups excluding tert-OH is 1. The maximum atomic E-state index is 14.8. The Morgan fingerprint density at radius 1 is 1.11 bits per heavy atom. The van der Waals surface area contributed by atoms with Crippen molar-refractivity contribution in [1.82, 2.24) is 19.8 Å². The molecule has 248 valence electrons. The Balaban J connectivity index is 1.14.